The second-order valence-corrected chi connectivity index (χ2v) is 22.8. The average Bonchev–Trinajstić information content (AvgIpc) is 3.32. The molecule has 0 heterocycles. The van der Waals surface area contributed by atoms with Crippen molar-refractivity contribution in [2.45, 2.75) is 283 Å². The summed E-state index contributed by atoms with van der Waals surface area (Å²) in [4.78, 5) is 23.2. The van der Waals surface area contributed by atoms with Crippen molar-refractivity contribution in [3.63, 3.8) is 0 Å². The summed E-state index contributed by atoms with van der Waals surface area (Å²) >= 11 is 0. The number of hydrogen-bond donors (Lipinski definition) is 3. The first-order valence-corrected chi connectivity index (χ1v) is 31.1. The molecule has 0 aliphatic carbocycles. The van der Waals surface area contributed by atoms with Gasteiger partial charge in [0.15, 0.2) is 0 Å². The first kappa shape index (κ1) is 68.2. The minimum Gasteiger partial charge on any atom is -0.391 e. The van der Waals surface area contributed by atoms with E-state index in [2.05, 4.69) is 79.9 Å². The van der Waals surface area contributed by atoms with Crippen molar-refractivity contribution in [2.24, 2.45) is 0 Å². The Morgan fingerprint density at radius 1 is 0.500 bits per heavy atom. The number of aliphatic hydroxyl groups is 1. The molecule has 0 aliphatic heterocycles. The standard InChI is InChI=1S/C61H115N2O6P/c1-6-8-10-12-14-16-17-18-19-20-21-22-23-24-25-26-27-28-29-30-31-32-33-34-35-36-37-38-39-40-41-42-43-44-45-47-49-51-53-55-61(65)62-59(58-69-70(66,67)68-57-56-63(3,4)5)60(64)54-52-50-48-46-15-13-11-9-7-2/h8,10,14,16,18-19,21-22,24-25,59-60,64H,6-7,9,11-13,15,17,20,23,26-58H2,1-5H3,(H-,62,65,66,67)/p+1/b10-8-,16-14-,19-18-,22-21-,25-24-. The fraction of sp³-hybridized carbons (Fsp3) is 0.820. The number of carbonyl (C=O) groups excluding carboxylic acids is 1. The first-order chi connectivity index (χ1) is 34.0. The number of amides is 1. The molecule has 1 amide bonds. The van der Waals surface area contributed by atoms with E-state index in [0.29, 0.717) is 23.9 Å². The topological polar surface area (TPSA) is 105 Å². The summed E-state index contributed by atoms with van der Waals surface area (Å²) in [6.45, 7) is 4.76. The van der Waals surface area contributed by atoms with Crippen molar-refractivity contribution in [2.75, 3.05) is 40.9 Å². The molecular formula is C61H116N2O6P+. The molecule has 70 heavy (non-hydrogen) atoms. The number of carbonyl (C=O) groups is 1. The lowest BCUT2D eigenvalue weighted by Crippen LogP contribution is -2.46. The molecule has 0 fully saturated rings. The van der Waals surface area contributed by atoms with Crippen LogP contribution in [0.3, 0.4) is 0 Å². The SMILES string of the molecule is CC/C=C\C/C=C\C/C=C\C/C=C\C/C=C\CCCCCCCCCCCCCCCCCCCCCCCCCC(=O)NC(COP(=O)(O)OCC[N+](C)(C)C)C(O)CCCCCCCCCCC. The number of phosphoric acid groups is 1. The van der Waals surface area contributed by atoms with Gasteiger partial charge in [0.05, 0.1) is 39.9 Å². The van der Waals surface area contributed by atoms with E-state index in [1.807, 2.05) is 21.1 Å². The van der Waals surface area contributed by atoms with Gasteiger partial charge < -0.3 is 19.8 Å². The molecular weight excluding hydrogens is 888 g/mol. The van der Waals surface area contributed by atoms with Crippen LogP contribution in [-0.2, 0) is 18.4 Å². The minimum atomic E-state index is -4.31. The predicted octanol–water partition coefficient (Wildman–Crippen LogP) is 18.1. The van der Waals surface area contributed by atoms with Gasteiger partial charge in [-0.15, -0.1) is 0 Å². The van der Waals surface area contributed by atoms with Crippen LogP contribution in [0.25, 0.3) is 0 Å². The third-order valence-corrected chi connectivity index (χ3v) is 14.3. The summed E-state index contributed by atoms with van der Waals surface area (Å²) in [6, 6.07) is -0.757. The van der Waals surface area contributed by atoms with E-state index >= 15 is 0 Å². The number of rotatable bonds is 54. The van der Waals surface area contributed by atoms with Gasteiger partial charge in [-0.25, -0.2) is 4.57 Å². The molecule has 0 aromatic rings. The molecule has 0 spiro atoms. The van der Waals surface area contributed by atoms with Crippen LogP contribution < -0.4 is 5.32 Å². The second-order valence-electron chi connectivity index (χ2n) is 21.3. The van der Waals surface area contributed by atoms with E-state index in [1.54, 1.807) is 0 Å². The molecule has 0 aliphatic rings. The smallest absolute Gasteiger partial charge is 0.391 e. The molecule has 0 bridgehead atoms. The second kappa shape index (κ2) is 52.1. The fourth-order valence-electron chi connectivity index (χ4n) is 8.66. The average molecular weight is 1000 g/mol. The van der Waals surface area contributed by atoms with Crippen molar-refractivity contribution in [3.8, 4) is 0 Å². The van der Waals surface area contributed by atoms with Crippen LogP contribution in [-0.4, -0.2) is 73.4 Å². The quantitative estimate of drug-likeness (QED) is 0.0243. The van der Waals surface area contributed by atoms with E-state index in [0.717, 1.165) is 70.6 Å². The molecule has 3 unspecified atom stereocenters. The zero-order valence-corrected chi connectivity index (χ0v) is 47.7. The van der Waals surface area contributed by atoms with Crippen molar-refractivity contribution in [1.82, 2.24) is 5.32 Å². The Bertz CT molecular complexity index is 1320. The summed E-state index contributed by atoms with van der Waals surface area (Å²) in [5, 5.41) is 14.0. The number of unbranched alkanes of at least 4 members (excludes halogenated alkanes) is 31. The summed E-state index contributed by atoms with van der Waals surface area (Å²) < 4.78 is 23.7. The third kappa shape index (κ3) is 54.0. The molecule has 0 radical (unpaired) electrons. The molecule has 3 N–H and O–H groups in total. The lowest BCUT2D eigenvalue weighted by molar-refractivity contribution is -0.870. The number of likely N-dealkylation sites (N-methyl/N-ethyl adjacent to an activating group) is 1. The van der Waals surface area contributed by atoms with Crippen LogP contribution in [0, 0.1) is 0 Å². The molecule has 9 heteroatoms. The highest BCUT2D eigenvalue weighted by Gasteiger charge is 2.28. The highest BCUT2D eigenvalue weighted by atomic mass is 31.2. The Balaban J connectivity index is 3.81. The van der Waals surface area contributed by atoms with Crippen molar-refractivity contribution < 1.29 is 32.9 Å². The van der Waals surface area contributed by atoms with Gasteiger partial charge in [-0.3, -0.25) is 13.8 Å². The van der Waals surface area contributed by atoms with E-state index in [1.165, 1.54) is 173 Å². The fourth-order valence-corrected chi connectivity index (χ4v) is 9.40. The van der Waals surface area contributed by atoms with Crippen molar-refractivity contribution >= 4 is 13.7 Å². The van der Waals surface area contributed by atoms with E-state index in [-0.39, 0.29) is 19.1 Å². The van der Waals surface area contributed by atoms with Gasteiger partial charge in [-0.05, 0) is 57.8 Å². The van der Waals surface area contributed by atoms with Crippen LogP contribution in [0.2, 0.25) is 0 Å². The predicted molar refractivity (Wildman–Crippen MR) is 304 cm³/mol. The third-order valence-electron chi connectivity index (χ3n) is 13.3. The van der Waals surface area contributed by atoms with Crippen LogP contribution in [0.5, 0.6) is 0 Å². The summed E-state index contributed by atoms with van der Waals surface area (Å²) in [7, 11) is 1.62. The monoisotopic (exact) mass is 1000 g/mol. The molecule has 0 aromatic carbocycles. The number of phosphoric ester groups is 1. The van der Waals surface area contributed by atoms with Gasteiger partial charge in [0.25, 0.3) is 0 Å². The molecule has 410 valence electrons. The maximum atomic E-state index is 12.9. The zero-order chi connectivity index (χ0) is 51.3. The van der Waals surface area contributed by atoms with Crippen molar-refractivity contribution in [1.29, 1.82) is 0 Å². The number of aliphatic hydroxyl groups excluding tert-OH is 1. The number of nitrogens with zero attached hydrogens (tertiary/aromatic N) is 1. The van der Waals surface area contributed by atoms with Gasteiger partial charge in [0.2, 0.25) is 5.91 Å². The molecule has 3 atom stereocenters. The Morgan fingerprint density at radius 3 is 1.26 bits per heavy atom. The van der Waals surface area contributed by atoms with E-state index in [4.69, 9.17) is 9.05 Å². The van der Waals surface area contributed by atoms with Crippen LogP contribution >= 0.6 is 7.82 Å². The lowest BCUT2D eigenvalue weighted by atomic mass is 10.0. The van der Waals surface area contributed by atoms with Crippen LogP contribution in [0.4, 0.5) is 0 Å². The highest BCUT2D eigenvalue weighted by molar-refractivity contribution is 7.47. The first-order valence-electron chi connectivity index (χ1n) is 29.7. The van der Waals surface area contributed by atoms with Crippen LogP contribution in [0.15, 0.2) is 60.8 Å². The number of allylic oxidation sites excluding steroid dienone is 10. The maximum absolute atomic E-state index is 12.9. The minimum absolute atomic E-state index is 0.0753. The molecule has 0 saturated carbocycles. The molecule has 0 saturated heterocycles. The summed E-state index contributed by atoms with van der Waals surface area (Å²) in [6.07, 6.45) is 70.3. The van der Waals surface area contributed by atoms with Gasteiger partial charge >= 0.3 is 7.82 Å². The maximum Gasteiger partial charge on any atom is 0.472 e. The molecule has 0 aromatic heterocycles. The Hall–Kier alpha value is -1.80. The molecule has 0 rings (SSSR count). The van der Waals surface area contributed by atoms with Crippen molar-refractivity contribution in [3.05, 3.63) is 60.8 Å². The van der Waals surface area contributed by atoms with E-state index < -0.39 is 20.0 Å². The summed E-state index contributed by atoms with van der Waals surface area (Å²) in [5.74, 6) is -0.144. The summed E-state index contributed by atoms with van der Waals surface area (Å²) in [5.41, 5.74) is 0. The Labute approximate surface area is 434 Å². The van der Waals surface area contributed by atoms with Gasteiger partial charge in [0.1, 0.15) is 13.2 Å². The van der Waals surface area contributed by atoms with E-state index in [9.17, 15) is 19.4 Å². The Kier molecular flexibility index (Phi) is 50.7. The molecule has 8 nitrogen and oxygen atoms in total. The van der Waals surface area contributed by atoms with Gasteiger partial charge in [-0.1, -0.05) is 267 Å². The zero-order valence-electron chi connectivity index (χ0n) is 46.8. The van der Waals surface area contributed by atoms with Gasteiger partial charge in [0, 0.05) is 6.42 Å². The Morgan fingerprint density at radius 2 is 0.857 bits per heavy atom. The highest BCUT2D eigenvalue weighted by Crippen LogP contribution is 2.43. The van der Waals surface area contributed by atoms with Crippen LogP contribution in [0.1, 0.15) is 271 Å². The number of quaternary nitrogens is 1. The number of nitrogens with one attached hydrogen (secondary N) is 1. The lowest BCUT2D eigenvalue weighted by Gasteiger charge is -2.26. The normalized spacial score (nSPS) is 14.3. The van der Waals surface area contributed by atoms with Gasteiger partial charge in [-0.2, -0.15) is 0 Å². The number of hydrogen-bond acceptors (Lipinski definition) is 5. The largest absolute Gasteiger partial charge is 0.472 e.